The van der Waals surface area contributed by atoms with Crippen LogP contribution >= 0.6 is 0 Å². The van der Waals surface area contributed by atoms with Gasteiger partial charge in [0.2, 0.25) is 0 Å². The minimum absolute atomic E-state index is 0. The van der Waals surface area contributed by atoms with Crippen LogP contribution in [0.2, 0.25) is 0 Å². The van der Waals surface area contributed by atoms with E-state index in [0.29, 0.717) is 67.8 Å². The summed E-state index contributed by atoms with van der Waals surface area (Å²) in [6.45, 7) is -5.28. The van der Waals surface area contributed by atoms with Crippen LogP contribution in [0.1, 0.15) is 75.6 Å². The Kier molecular flexibility index (Phi) is 22.2. The predicted molar refractivity (Wildman–Crippen MR) is 352 cm³/mol. The van der Waals surface area contributed by atoms with Gasteiger partial charge in [-0.15, -0.1) is 89.0 Å². The van der Waals surface area contributed by atoms with E-state index in [0.717, 1.165) is 41.3 Å². The largest absolute Gasteiger partial charge is 0.748 e. The van der Waals surface area contributed by atoms with Crippen LogP contribution in [0.4, 0.5) is 0 Å². The zero-order valence-corrected chi connectivity index (χ0v) is 51.1. The first-order valence-corrected chi connectivity index (χ1v) is 25.9. The van der Waals surface area contributed by atoms with Gasteiger partial charge in [0.15, 0.2) is 0 Å². The minimum Gasteiger partial charge on any atom is -0.748 e. The number of hydrogen-bond acceptors (Lipinski definition) is 11. The first-order valence-electron chi connectivity index (χ1n) is 34.1. The molecule has 6 aromatic carbocycles. The molecular weight excluding hydrogens is 1440 g/mol. The van der Waals surface area contributed by atoms with Crippen molar-refractivity contribution in [2.45, 2.75) is 56.1 Å². The van der Waals surface area contributed by atoms with Crippen molar-refractivity contribution in [2.75, 3.05) is 20.5 Å². The molecule has 2 N–H and O–H groups in total. The fourth-order valence-corrected chi connectivity index (χ4v) is 7.08. The van der Waals surface area contributed by atoms with E-state index in [9.17, 15) is 0 Å². The van der Waals surface area contributed by atoms with Crippen LogP contribution in [-0.2, 0) is 50.3 Å². The molecule has 0 aliphatic rings. The van der Waals surface area contributed by atoms with Gasteiger partial charge in [-0.3, -0.25) is 4.98 Å². The van der Waals surface area contributed by atoms with Gasteiger partial charge in [-0.1, -0.05) is 129 Å². The van der Waals surface area contributed by atoms with E-state index in [-0.39, 0.29) is 137 Å². The molecular formula is C67H68B5Ir2N4O7S-4. The number of aryl methyl sites for hydroxylation is 6. The molecule has 0 spiro atoms. The molecule has 0 unspecified atom stereocenters. The third kappa shape index (κ3) is 23.0. The fraction of sp³-hybridized carbons (Fsp3) is 0.164. The van der Waals surface area contributed by atoms with Crippen LogP contribution < -0.4 is 0 Å². The summed E-state index contributed by atoms with van der Waals surface area (Å²) in [6.07, 6.45) is 2.17. The van der Waals surface area contributed by atoms with E-state index in [1.165, 1.54) is 43.7 Å². The van der Waals surface area contributed by atoms with Crippen molar-refractivity contribution in [1.82, 2.24) is 19.9 Å². The number of rotatable bonds is 5. The molecule has 0 atom stereocenters. The van der Waals surface area contributed by atoms with Crippen LogP contribution in [0.3, 0.4) is 0 Å². The van der Waals surface area contributed by atoms with Crippen molar-refractivity contribution in [3.8, 4) is 45.0 Å². The van der Waals surface area contributed by atoms with E-state index in [4.69, 9.17) is 82.6 Å². The fourth-order valence-electron chi connectivity index (χ4n) is 7.08. The summed E-state index contributed by atoms with van der Waals surface area (Å²) in [7, 11) is 13.9. The summed E-state index contributed by atoms with van der Waals surface area (Å²) in [4.78, 5) is 16.3. The summed E-state index contributed by atoms with van der Waals surface area (Å²) in [5, 5.41) is 17.7. The topological polar surface area (TPSA) is 175 Å². The van der Waals surface area contributed by atoms with Crippen LogP contribution in [0.15, 0.2) is 197 Å². The van der Waals surface area contributed by atoms with E-state index in [1.807, 2.05) is 66.7 Å². The molecule has 12 aromatic rings. The third-order valence-corrected chi connectivity index (χ3v) is 10.8. The van der Waals surface area contributed by atoms with Gasteiger partial charge in [0.05, 0.1) is 32.4 Å². The SMILES string of the molecule is C.C.CO.CO.CS(=O)(=O)[O-].[2H]C([2H])([2H])c1c[c-]c(-c2cc(C)c(C([2H])([2H])[2H])cn2)cc1.[2H]C([2H])([2H])c1c[c-]c(-c2cc(C)c(C([2H])([2H])[2H])cn2)cc1.[2H]c1nc(-c2[c-]ccc3c2oc2ccccc23)c([2H])c([2H])c1[2H].[2H]c1nc(-c2cccc3c2oc2ccccc23)c([2H])c([2H])c1[2H].[B][B]B([B])[B].[Ir].[Ir]. The first-order chi connectivity index (χ1) is 47.6. The molecule has 6 heterocycles. The zero-order chi connectivity index (χ0) is 76.7. The average Bonchev–Trinajstić information content (AvgIpc) is 1.62. The Morgan fingerprint density at radius 1 is 0.581 bits per heavy atom. The summed E-state index contributed by atoms with van der Waals surface area (Å²) < 4.78 is 190. The minimum atomic E-state index is -3.92. The van der Waals surface area contributed by atoms with Crippen molar-refractivity contribution in [2.24, 2.45) is 0 Å². The molecule has 0 saturated heterocycles. The van der Waals surface area contributed by atoms with Crippen molar-refractivity contribution in [3.05, 3.63) is 240 Å². The van der Waals surface area contributed by atoms with E-state index in [2.05, 4.69) is 38.1 Å². The Bertz CT molecular complexity index is 4690. The van der Waals surface area contributed by atoms with Crippen LogP contribution in [-0.4, -0.2) is 100 Å². The van der Waals surface area contributed by atoms with Gasteiger partial charge in [0, 0.05) is 160 Å². The molecule has 9 radical (unpaired) electrons. The maximum atomic E-state index is 9.08. The average molecular weight is 1530 g/mol. The molecule has 441 valence electrons. The quantitative estimate of drug-likeness (QED) is 0.0953. The Balaban J connectivity index is 0.000000659. The second-order valence-electron chi connectivity index (χ2n) is 16.6. The predicted octanol–water partition coefficient (Wildman–Crippen LogP) is 13.8. The Hall–Kier alpha value is -7.03. The summed E-state index contributed by atoms with van der Waals surface area (Å²) in [6, 6.07) is 43.9. The molecule has 0 fully saturated rings. The summed E-state index contributed by atoms with van der Waals surface area (Å²) >= 11 is 0. The second kappa shape index (κ2) is 38.9. The van der Waals surface area contributed by atoms with Crippen molar-refractivity contribution < 1.29 is 99.6 Å². The Labute approximate surface area is 569 Å². The summed E-state index contributed by atoms with van der Waals surface area (Å²) in [5.74, 6) is 0. The van der Waals surface area contributed by atoms with Crippen LogP contribution in [0, 0.1) is 59.5 Å². The van der Waals surface area contributed by atoms with Gasteiger partial charge < -0.3 is 38.6 Å². The van der Waals surface area contributed by atoms with Crippen molar-refractivity contribution in [1.29, 1.82) is 0 Å². The van der Waals surface area contributed by atoms with Gasteiger partial charge in [-0.05, 0) is 92.1 Å². The zero-order valence-electron chi connectivity index (χ0n) is 65.5. The number of aliphatic hydroxyl groups is 2. The van der Waals surface area contributed by atoms with Crippen LogP contribution in [0.25, 0.3) is 88.9 Å². The van der Waals surface area contributed by atoms with E-state index < -0.39 is 43.9 Å². The molecule has 0 aliphatic heterocycles. The third-order valence-electron chi connectivity index (χ3n) is 10.8. The number of pyridine rings is 4. The van der Waals surface area contributed by atoms with Gasteiger partial charge in [0.25, 0.3) is 0 Å². The number of fused-ring (bicyclic) bond motifs is 6. The first kappa shape index (κ1) is 49.0. The normalized spacial score (nSPS) is 13.7. The monoisotopic (exact) mass is 1530 g/mol. The number of furan rings is 2. The number of para-hydroxylation sites is 3. The van der Waals surface area contributed by atoms with Gasteiger partial charge in [0.1, 0.15) is 16.7 Å². The van der Waals surface area contributed by atoms with Crippen LogP contribution in [0.5, 0.6) is 0 Å². The van der Waals surface area contributed by atoms with Gasteiger partial charge in [-0.2, -0.15) is 0 Å². The Morgan fingerprint density at radius 2 is 1.02 bits per heavy atom. The van der Waals surface area contributed by atoms with Crippen molar-refractivity contribution in [3.63, 3.8) is 0 Å². The second-order valence-corrected chi connectivity index (χ2v) is 18.0. The number of nitrogens with zero attached hydrogens (tertiary/aromatic N) is 4. The maximum absolute atomic E-state index is 9.08. The maximum Gasteiger partial charge on any atom is 0.144 e. The molecule has 19 heteroatoms. The molecule has 12 rings (SSSR count). The summed E-state index contributed by atoms with van der Waals surface area (Å²) in [5.41, 5.74) is 8.35. The smallest absolute Gasteiger partial charge is 0.144 e. The number of aliphatic hydroxyl groups excluding tert-OH is 2. The van der Waals surface area contributed by atoms with E-state index >= 15 is 0 Å². The molecule has 0 saturated carbocycles. The standard InChI is InChI=1S/C17H11NO.C17H10NO.2C14H14N.CH4O3S.2CH4O.2CH4.B5.2Ir/c2*1-2-10-16-12(6-1)13-7-5-8-14(17(13)19-16)15-9-3-4-11-18-15;2*1-10-4-6-13(7-5-10)14-8-11(2)12(3)9-15-14;1-5(2,3)4;2*1-2;;;1-4-5(2)3;;/h1-11H;1-7,9-11H;2*4-6,8-9H,1-3H3;1H3,(H,2,3,4);2*2H,1H3;2*1H4;;;/q;3*-1;;;;;;;;/p-1/i2*3D,4D,9D,11D;2*1D3,3D3;;;;;;;;. The number of benzene rings is 6. The molecule has 0 aliphatic carbocycles. The van der Waals surface area contributed by atoms with Gasteiger partial charge >= 0.3 is 0 Å². The molecule has 0 bridgehead atoms. The Morgan fingerprint density at radius 3 is 1.47 bits per heavy atom. The number of hydrogen-bond donors (Lipinski definition) is 2. The van der Waals surface area contributed by atoms with Gasteiger partial charge in [-0.25, -0.2) is 8.42 Å². The molecule has 0 amide bonds. The van der Waals surface area contributed by atoms with Crippen molar-refractivity contribution >= 4 is 90.7 Å². The van der Waals surface area contributed by atoms with E-state index in [1.54, 1.807) is 50.2 Å². The number of aromatic nitrogens is 4. The molecule has 86 heavy (non-hydrogen) atoms. The molecule has 6 aromatic heterocycles. The molecule has 11 nitrogen and oxygen atoms in total.